The molecule has 0 saturated heterocycles. The summed E-state index contributed by atoms with van der Waals surface area (Å²) in [4.78, 5) is 0. The zero-order chi connectivity index (χ0) is 24.6. The van der Waals surface area contributed by atoms with E-state index >= 15 is 0 Å². The van der Waals surface area contributed by atoms with Crippen LogP contribution in [0, 0.1) is 29.4 Å². The molecule has 3 rings (SSSR count). The summed E-state index contributed by atoms with van der Waals surface area (Å²) in [7, 11) is 0. The molecule has 1 aromatic rings. The highest BCUT2D eigenvalue weighted by Gasteiger charge is 2.36. The molecule has 0 spiro atoms. The number of allylic oxidation sites excluding steroid dienone is 2. The second-order valence-corrected chi connectivity index (χ2v) is 10.7. The van der Waals surface area contributed by atoms with Crippen molar-refractivity contribution in [3.63, 3.8) is 0 Å². The lowest BCUT2D eigenvalue weighted by atomic mass is 9.77. The summed E-state index contributed by atoms with van der Waals surface area (Å²) in [6.45, 7) is 3.26. The van der Waals surface area contributed by atoms with Crippen LogP contribution in [0.4, 0.5) is 17.6 Å². The van der Waals surface area contributed by atoms with Crippen molar-refractivity contribution in [1.29, 1.82) is 0 Å². The molecule has 0 heterocycles. The Bertz CT molecular complexity index is 775. The highest BCUT2D eigenvalue weighted by Crippen LogP contribution is 2.41. The molecule has 1 aromatic carbocycles. The number of benzene rings is 1. The van der Waals surface area contributed by atoms with Crippen molar-refractivity contribution in [3.8, 4) is 5.75 Å². The number of alkyl halides is 2. The molecule has 0 radical (unpaired) electrons. The summed E-state index contributed by atoms with van der Waals surface area (Å²) >= 11 is 0. The molecule has 0 unspecified atom stereocenters. The first-order valence-electron chi connectivity index (χ1n) is 13.4. The van der Waals surface area contributed by atoms with E-state index in [2.05, 4.69) is 19.1 Å². The van der Waals surface area contributed by atoms with Crippen molar-refractivity contribution in [3.05, 3.63) is 41.5 Å². The van der Waals surface area contributed by atoms with E-state index in [9.17, 15) is 17.6 Å². The van der Waals surface area contributed by atoms with Gasteiger partial charge in [0.1, 0.15) is 0 Å². The molecule has 1 nitrogen and oxygen atoms in total. The fourth-order valence-corrected chi connectivity index (χ4v) is 6.03. The number of ether oxygens (including phenoxy) is 1. The Morgan fingerprint density at radius 3 is 2.15 bits per heavy atom. The summed E-state index contributed by atoms with van der Waals surface area (Å²) < 4.78 is 63.7. The standard InChI is InChI=1S/C29H42F4O/c1-3-5-6-8-22-13-15-24(16-14-22)25-17-18-26(28(31)27(25)30)34-20-29(32,33)19-23-11-9-21(7-4-2)10-12-23/h3,5,17-18,21-24H,4,6-16,19-20H2,1-2H3. The molecule has 192 valence electrons. The van der Waals surface area contributed by atoms with Crippen molar-refractivity contribution >= 4 is 0 Å². The maximum absolute atomic E-state index is 14.8. The minimum atomic E-state index is -3.05. The van der Waals surface area contributed by atoms with Crippen molar-refractivity contribution < 1.29 is 22.3 Å². The Hall–Kier alpha value is -1.52. The number of hydrogen-bond donors (Lipinski definition) is 0. The van der Waals surface area contributed by atoms with Gasteiger partial charge in [0.05, 0.1) is 0 Å². The highest BCUT2D eigenvalue weighted by molar-refractivity contribution is 5.33. The number of hydrogen-bond acceptors (Lipinski definition) is 1. The average Bonchev–Trinajstić information content (AvgIpc) is 2.82. The third kappa shape index (κ3) is 7.75. The molecule has 5 heteroatoms. The lowest BCUT2D eigenvalue weighted by Crippen LogP contribution is -2.30. The summed E-state index contributed by atoms with van der Waals surface area (Å²) in [5, 5.41) is 0. The van der Waals surface area contributed by atoms with Crippen LogP contribution in [0.2, 0.25) is 0 Å². The summed E-state index contributed by atoms with van der Waals surface area (Å²) in [5.41, 5.74) is 0.354. The average molecular weight is 483 g/mol. The third-order valence-corrected chi connectivity index (χ3v) is 8.03. The van der Waals surface area contributed by atoms with Crippen molar-refractivity contribution in [2.24, 2.45) is 17.8 Å². The Morgan fingerprint density at radius 1 is 0.882 bits per heavy atom. The van der Waals surface area contributed by atoms with E-state index in [-0.39, 0.29) is 18.3 Å². The minimum absolute atomic E-state index is 0.0224. The third-order valence-electron chi connectivity index (χ3n) is 8.03. The van der Waals surface area contributed by atoms with E-state index in [1.165, 1.54) is 18.6 Å². The van der Waals surface area contributed by atoms with Crippen molar-refractivity contribution in [1.82, 2.24) is 0 Å². The molecule has 0 aliphatic heterocycles. The van der Waals surface area contributed by atoms with E-state index in [1.54, 1.807) is 0 Å². The van der Waals surface area contributed by atoms with E-state index in [1.807, 2.05) is 6.92 Å². The molecule has 0 bridgehead atoms. The van der Waals surface area contributed by atoms with E-state index in [0.717, 1.165) is 70.6 Å². The summed E-state index contributed by atoms with van der Waals surface area (Å²) in [6.07, 6.45) is 15.8. The van der Waals surface area contributed by atoms with Gasteiger partial charge in [-0.25, -0.2) is 13.2 Å². The molecular formula is C29H42F4O. The van der Waals surface area contributed by atoms with Gasteiger partial charge in [0.2, 0.25) is 5.82 Å². The van der Waals surface area contributed by atoms with Crippen LogP contribution in [0.1, 0.15) is 109 Å². The fourth-order valence-electron chi connectivity index (χ4n) is 6.03. The number of halogens is 4. The predicted octanol–water partition coefficient (Wildman–Crippen LogP) is 9.61. The second kappa shape index (κ2) is 13.0. The van der Waals surface area contributed by atoms with E-state index in [0.29, 0.717) is 17.4 Å². The maximum atomic E-state index is 14.8. The molecule has 2 saturated carbocycles. The largest absolute Gasteiger partial charge is 0.484 e. The van der Waals surface area contributed by atoms with Crippen LogP contribution in [-0.4, -0.2) is 12.5 Å². The van der Waals surface area contributed by atoms with Crippen LogP contribution in [0.25, 0.3) is 0 Å². The first-order valence-corrected chi connectivity index (χ1v) is 13.4. The zero-order valence-electron chi connectivity index (χ0n) is 20.9. The van der Waals surface area contributed by atoms with Crippen LogP contribution >= 0.6 is 0 Å². The van der Waals surface area contributed by atoms with Crippen LogP contribution in [0.3, 0.4) is 0 Å². The molecule has 34 heavy (non-hydrogen) atoms. The monoisotopic (exact) mass is 482 g/mol. The SMILES string of the molecule is CC=CCCC1CCC(c2ccc(OCC(F)(F)CC3CCC(CCC)CC3)c(F)c2F)CC1. The smallest absolute Gasteiger partial charge is 0.281 e. The second-order valence-electron chi connectivity index (χ2n) is 10.7. The first kappa shape index (κ1) is 27.1. The van der Waals surface area contributed by atoms with Gasteiger partial charge in [-0.3, -0.25) is 0 Å². The van der Waals surface area contributed by atoms with Gasteiger partial charge in [0, 0.05) is 6.42 Å². The van der Waals surface area contributed by atoms with Gasteiger partial charge >= 0.3 is 0 Å². The Kier molecular flexibility index (Phi) is 10.3. The van der Waals surface area contributed by atoms with Crippen LogP contribution in [0.5, 0.6) is 5.75 Å². The fraction of sp³-hybridized carbons (Fsp3) is 0.724. The lowest BCUT2D eigenvalue weighted by molar-refractivity contribution is -0.0650. The molecule has 0 aromatic heterocycles. The van der Waals surface area contributed by atoms with E-state index in [4.69, 9.17) is 4.74 Å². The molecule has 0 amide bonds. The lowest BCUT2D eigenvalue weighted by Gasteiger charge is -2.31. The van der Waals surface area contributed by atoms with Gasteiger partial charge in [-0.05, 0) is 93.6 Å². The van der Waals surface area contributed by atoms with Gasteiger partial charge in [0.25, 0.3) is 5.92 Å². The molecular weight excluding hydrogens is 440 g/mol. The van der Waals surface area contributed by atoms with E-state index < -0.39 is 29.9 Å². The predicted molar refractivity (Wildman–Crippen MR) is 131 cm³/mol. The highest BCUT2D eigenvalue weighted by atomic mass is 19.3. The molecule has 2 aliphatic carbocycles. The summed E-state index contributed by atoms with van der Waals surface area (Å²) in [5.74, 6) is -4.28. The van der Waals surface area contributed by atoms with Crippen LogP contribution in [0.15, 0.2) is 24.3 Å². The Morgan fingerprint density at radius 2 is 1.50 bits per heavy atom. The number of rotatable bonds is 11. The molecule has 2 fully saturated rings. The van der Waals surface area contributed by atoms with Gasteiger partial charge in [0.15, 0.2) is 18.2 Å². The normalized spacial score (nSPS) is 26.2. The molecule has 0 atom stereocenters. The van der Waals surface area contributed by atoms with Gasteiger partial charge in [-0.1, -0.05) is 50.8 Å². The Labute approximate surface area is 203 Å². The van der Waals surface area contributed by atoms with Gasteiger partial charge < -0.3 is 4.74 Å². The van der Waals surface area contributed by atoms with Crippen LogP contribution < -0.4 is 4.74 Å². The van der Waals surface area contributed by atoms with Crippen molar-refractivity contribution in [2.75, 3.05) is 6.61 Å². The van der Waals surface area contributed by atoms with Gasteiger partial charge in [-0.15, -0.1) is 0 Å². The zero-order valence-corrected chi connectivity index (χ0v) is 20.9. The van der Waals surface area contributed by atoms with Crippen molar-refractivity contribution in [2.45, 2.75) is 109 Å². The Balaban J connectivity index is 1.50. The first-order chi connectivity index (χ1) is 16.3. The quantitative estimate of drug-likeness (QED) is 0.225. The topological polar surface area (TPSA) is 9.23 Å². The molecule has 0 N–H and O–H groups in total. The van der Waals surface area contributed by atoms with Crippen LogP contribution in [-0.2, 0) is 0 Å². The molecule has 2 aliphatic rings. The maximum Gasteiger partial charge on any atom is 0.281 e. The summed E-state index contributed by atoms with van der Waals surface area (Å²) in [6, 6.07) is 2.86. The van der Waals surface area contributed by atoms with Gasteiger partial charge in [-0.2, -0.15) is 4.39 Å². The minimum Gasteiger partial charge on any atom is -0.484 e.